The molecule has 1 aromatic carbocycles. The first-order chi connectivity index (χ1) is 8.08. The van der Waals surface area contributed by atoms with Gasteiger partial charge in [0.25, 0.3) is 0 Å². The first-order valence-corrected chi connectivity index (χ1v) is 6.14. The van der Waals surface area contributed by atoms with Gasteiger partial charge in [0.15, 0.2) is 0 Å². The lowest BCUT2D eigenvalue weighted by molar-refractivity contribution is -0.128. The van der Waals surface area contributed by atoms with E-state index in [4.69, 9.17) is 0 Å². The zero-order valence-electron chi connectivity index (χ0n) is 10.8. The van der Waals surface area contributed by atoms with E-state index in [9.17, 15) is 4.79 Å². The Hall–Kier alpha value is -1.51. The Bertz CT molecular complexity index is 424. The number of rotatable bonds is 4. The number of aryl methyl sites for hydroxylation is 2. The Morgan fingerprint density at radius 3 is 2.76 bits per heavy atom. The van der Waals surface area contributed by atoms with Gasteiger partial charge >= 0.3 is 0 Å². The van der Waals surface area contributed by atoms with Gasteiger partial charge in [0.1, 0.15) is 0 Å². The number of nitrogens with one attached hydrogen (secondary N) is 1. The number of hydrogen-bond donors (Lipinski definition) is 1. The van der Waals surface area contributed by atoms with Crippen LogP contribution in [0.25, 0.3) is 0 Å². The monoisotopic (exact) mass is 232 g/mol. The molecule has 17 heavy (non-hydrogen) atoms. The Morgan fingerprint density at radius 1 is 1.41 bits per heavy atom. The van der Waals surface area contributed by atoms with Crippen molar-refractivity contribution in [1.82, 2.24) is 4.90 Å². The van der Waals surface area contributed by atoms with E-state index in [1.165, 1.54) is 11.1 Å². The van der Waals surface area contributed by atoms with Crippen molar-refractivity contribution in [1.29, 1.82) is 0 Å². The van der Waals surface area contributed by atoms with E-state index in [2.05, 4.69) is 37.4 Å². The van der Waals surface area contributed by atoms with Crippen molar-refractivity contribution in [2.24, 2.45) is 0 Å². The van der Waals surface area contributed by atoms with E-state index >= 15 is 0 Å². The quantitative estimate of drug-likeness (QED) is 0.864. The van der Waals surface area contributed by atoms with Crippen LogP contribution in [-0.2, 0) is 4.79 Å². The molecule has 0 atom stereocenters. The summed E-state index contributed by atoms with van der Waals surface area (Å²) in [5.74, 6) is 0.174. The molecule has 1 aliphatic rings. The molecule has 0 spiro atoms. The normalized spacial score (nSPS) is 14.5. The van der Waals surface area contributed by atoms with Crippen molar-refractivity contribution < 1.29 is 4.79 Å². The SMILES string of the molecule is Cc1ccc(C)c(NCC(=O)N(C)C2CC2)c1. The lowest BCUT2D eigenvalue weighted by Gasteiger charge is -2.17. The van der Waals surface area contributed by atoms with Gasteiger partial charge in [0.2, 0.25) is 5.91 Å². The number of anilines is 1. The van der Waals surface area contributed by atoms with Gasteiger partial charge in [-0.05, 0) is 43.9 Å². The summed E-state index contributed by atoms with van der Waals surface area (Å²) in [6, 6.07) is 6.73. The highest BCUT2D eigenvalue weighted by Crippen LogP contribution is 2.25. The standard InChI is InChI=1S/C14H20N2O/c1-10-4-5-11(2)13(8-10)15-9-14(17)16(3)12-6-7-12/h4-5,8,12,15H,6-7,9H2,1-3H3. The largest absolute Gasteiger partial charge is 0.376 e. The summed E-state index contributed by atoms with van der Waals surface area (Å²) in [6.45, 7) is 4.50. The van der Waals surface area contributed by atoms with E-state index in [0.717, 1.165) is 18.5 Å². The molecule has 3 nitrogen and oxygen atoms in total. The van der Waals surface area contributed by atoms with Gasteiger partial charge in [-0.25, -0.2) is 0 Å². The minimum atomic E-state index is 0.174. The molecule has 92 valence electrons. The molecule has 1 aliphatic carbocycles. The van der Waals surface area contributed by atoms with Gasteiger partial charge in [-0.1, -0.05) is 12.1 Å². The number of likely N-dealkylation sites (N-methyl/N-ethyl adjacent to an activating group) is 1. The summed E-state index contributed by atoms with van der Waals surface area (Å²) < 4.78 is 0. The van der Waals surface area contributed by atoms with Gasteiger partial charge < -0.3 is 10.2 Å². The van der Waals surface area contributed by atoms with Crippen molar-refractivity contribution in [3.8, 4) is 0 Å². The molecule has 1 fully saturated rings. The number of nitrogens with zero attached hydrogens (tertiary/aromatic N) is 1. The lowest BCUT2D eigenvalue weighted by Crippen LogP contribution is -2.33. The second-order valence-corrected chi connectivity index (χ2v) is 4.91. The number of hydrogen-bond acceptors (Lipinski definition) is 2. The Morgan fingerprint density at radius 2 is 2.12 bits per heavy atom. The van der Waals surface area contributed by atoms with E-state index in [-0.39, 0.29) is 5.91 Å². The van der Waals surface area contributed by atoms with Crippen LogP contribution in [-0.4, -0.2) is 30.4 Å². The topological polar surface area (TPSA) is 32.3 Å². The van der Waals surface area contributed by atoms with Gasteiger partial charge in [0, 0.05) is 18.8 Å². The second kappa shape index (κ2) is 4.78. The molecule has 0 saturated heterocycles. The Kier molecular flexibility index (Phi) is 3.36. The van der Waals surface area contributed by atoms with Crippen LogP contribution >= 0.6 is 0 Å². The summed E-state index contributed by atoms with van der Waals surface area (Å²) in [5, 5.41) is 3.23. The third-order valence-electron chi connectivity index (χ3n) is 3.31. The maximum atomic E-state index is 11.9. The highest BCUT2D eigenvalue weighted by Gasteiger charge is 2.29. The van der Waals surface area contributed by atoms with Crippen LogP contribution in [0.2, 0.25) is 0 Å². The summed E-state index contributed by atoms with van der Waals surface area (Å²) >= 11 is 0. The molecule has 1 amide bonds. The molecular formula is C14H20N2O. The minimum absolute atomic E-state index is 0.174. The van der Waals surface area contributed by atoms with Crippen LogP contribution in [0.15, 0.2) is 18.2 Å². The highest BCUT2D eigenvalue weighted by molar-refractivity contribution is 5.81. The third-order valence-corrected chi connectivity index (χ3v) is 3.31. The fourth-order valence-corrected chi connectivity index (χ4v) is 1.89. The molecule has 0 aliphatic heterocycles. The first kappa shape index (κ1) is 12.0. The molecule has 1 N–H and O–H groups in total. The summed E-state index contributed by atoms with van der Waals surface area (Å²) in [7, 11) is 1.89. The van der Waals surface area contributed by atoms with Gasteiger partial charge in [-0.3, -0.25) is 4.79 Å². The molecule has 0 radical (unpaired) electrons. The maximum absolute atomic E-state index is 11.9. The zero-order valence-corrected chi connectivity index (χ0v) is 10.8. The van der Waals surface area contributed by atoms with Gasteiger partial charge in [-0.15, -0.1) is 0 Å². The van der Waals surface area contributed by atoms with Crippen LogP contribution in [0.4, 0.5) is 5.69 Å². The third kappa shape index (κ3) is 2.99. The minimum Gasteiger partial charge on any atom is -0.376 e. The summed E-state index contributed by atoms with van der Waals surface area (Å²) in [5.41, 5.74) is 3.45. The average molecular weight is 232 g/mol. The van der Waals surface area contributed by atoms with Crippen molar-refractivity contribution in [3.05, 3.63) is 29.3 Å². The number of benzene rings is 1. The lowest BCUT2D eigenvalue weighted by atomic mass is 10.1. The summed E-state index contributed by atoms with van der Waals surface area (Å²) in [6.07, 6.45) is 2.32. The summed E-state index contributed by atoms with van der Waals surface area (Å²) in [4.78, 5) is 13.7. The fourth-order valence-electron chi connectivity index (χ4n) is 1.89. The molecule has 1 aromatic rings. The second-order valence-electron chi connectivity index (χ2n) is 4.91. The Labute approximate surface area is 103 Å². The fraction of sp³-hybridized carbons (Fsp3) is 0.500. The zero-order chi connectivity index (χ0) is 12.4. The number of amides is 1. The van der Waals surface area contributed by atoms with Crippen LogP contribution in [0.3, 0.4) is 0 Å². The van der Waals surface area contributed by atoms with Crippen LogP contribution in [0.5, 0.6) is 0 Å². The van der Waals surface area contributed by atoms with E-state index in [1.54, 1.807) is 0 Å². The van der Waals surface area contributed by atoms with Crippen molar-refractivity contribution >= 4 is 11.6 Å². The molecule has 0 bridgehead atoms. The Balaban J connectivity index is 1.92. The number of carbonyl (C=O) groups is 1. The van der Waals surface area contributed by atoms with Gasteiger partial charge in [-0.2, -0.15) is 0 Å². The van der Waals surface area contributed by atoms with Crippen LogP contribution in [0, 0.1) is 13.8 Å². The van der Waals surface area contributed by atoms with Gasteiger partial charge in [0.05, 0.1) is 6.54 Å². The number of carbonyl (C=O) groups excluding carboxylic acids is 1. The predicted molar refractivity (Wildman–Crippen MR) is 70.2 cm³/mol. The molecule has 2 rings (SSSR count). The predicted octanol–water partition coefficient (Wildman–Crippen LogP) is 2.34. The van der Waals surface area contributed by atoms with Crippen LogP contribution < -0.4 is 5.32 Å². The molecule has 1 saturated carbocycles. The van der Waals surface area contributed by atoms with Crippen molar-refractivity contribution in [2.45, 2.75) is 32.7 Å². The molecule has 3 heteroatoms. The molecular weight excluding hydrogens is 212 g/mol. The van der Waals surface area contributed by atoms with E-state index < -0.39 is 0 Å². The van der Waals surface area contributed by atoms with E-state index in [1.807, 2.05) is 11.9 Å². The maximum Gasteiger partial charge on any atom is 0.241 e. The highest BCUT2D eigenvalue weighted by atomic mass is 16.2. The van der Waals surface area contributed by atoms with Crippen molar-refractivity contribution in [3.63, 3.8) is 0 Å². The molecule has 0 heterocycles. The smallest absolute Gasteiger partial charge is 0.241 e. The van der Waals surface area contributed by atoms with Crippen LogP contribution in [0.1, 0.15) is 24.0 Å². The first-order valence-electron chi connectivity index (χ1n) is 6.14. The van der Waals surface area contributed by atoms with E-state index in [0.29, 0.717) is 12.6 Å². The molecule has 0 aromatic heterocycles. The average Bonchev–Trinajstić information content (AvgIpc) is 3.13. The van der Waals surface area contributed by atoms with Crippen molar-refractivity contribution in [2.75, 3.05) is 18.9 Å². The molecule has 0 unspecified atom stereocenters.